The van der Waals surface area contributed by atoms with Crippen molar-refractivity contribution in [3.63, 3.8) is 0 Å². The lowest BCUT2D eigenvalue weighted by atomic mass is 10.1. The molecule has 0 aliphatic heterocycles. The van der Waals surface area contributed by atoms with Crippen molar-refractivity contribution in [1.29, 1.82) is 0 Å². The van der Waals surface area contributed by atoms with E-state index in [2.05, 4.69) is 11.4 Å². The van der Waals surface area contributed by atoms with Crippen LogP contribution in [-0.2, 0) is 20.4 Å². The Hall–Kier alpha value is -2.42. The molecule has 2 aromatic rings. The van der Waals surface area contributed by atoms with Crippen LogP contribution >= 0.6 is 7.82 Å². The molecule has 0 bridgehead atoms. The van der Waals surface area contributed by atoms with Crippen LogP contribution in [0.2, 0.25) is 0 Å². The van der Waals surface area contributed by atoms with Gasteiger partial charge in [0.25, 0.3) is 0 Å². The summed E-state index contributed by atoms with van der Waals surface area (Å²) in [6, 6.07) is 15.4. The first-order chi connectivity index (χ1) is 18.8. The van der Waals surface area contributed by atoms with Gasteiger partial charge in [0.1, 0.15) is 11.5 Å². The number of nitrogens with zero attached hydrogens (tertiary/aromatic N) is 1. The van der Waals surface area contributed by atoms with Crippen molar-refractivity contribution in [2.75, 3.05) is 26.9 Å². The second-order valence-electron chi connectivity index (χ2n) is 10.3. The molecule has 224 valence electrons. The zero-order chi connectivity index (χ0) is 28.1. The van der Waals surface area contributed by atoms with E-state index in [4.69, 9.17) is 19.3 Å². The van der Waals surface area contributed by atoms with E-state index < -0.39 is 7.82 Å². The third-order valence-corrected chi connectivity index (χ3v) is 7.64. The van der Waals surface area contributed by atoms with Gasteiger partial charge >= 0.3 is 7.82 Å². The Morgan fingerprint density at radius 2 is 1.62 bits per heavy atom. The van der Waals surface area contributed by atoms with Crippen LogP contribution in [0.3, 0.4) is 0 Å². The van der Waals surface area contributed by atoms with Crippen LogP contribution in [0.25, 0.3) is 0 Å². The van der Waals surface area contributed by atoms with Crippen molar-refractivity contribution in [2.24, 2.45) is 5.92 Å². The van der Waals surface area contributed by atoms with Crippen LogP contribution in [-0.4, -0.2) is 47.5 Å². The Kier molecular flexibility index (Phi) is 14.7. The lowest BCUT2D eigenvalue weighted by molar-refractivity contribution is -0.133. The summed E-state index contributed by atoms with van der Waals surface area (Å²) in [6.45, 7) is 3.09. The monoisotopic (exact) mass is 578 g/mol. The van der Waals surface area contributed by atoms with Gasteiger partial charge in [0, 0.05) is 19.0 Å². The molecule has 3 rings (SSSR count). The number of methoxy groups -OCH3 is 1. The fraction of sp³-hybridized carbons (Fsp3) is 0.567. The summed E-state index contributed by atoms with van der Waals surface area (Å²) in [5.41, 5.74) is 1.98. The van der Waals surface area contributed by atoms with Crippen LogP contribution in [0.5, 0.6) is 11.5 Å². The molecule has 1 amide bonds. The minimum Gasteiger partial charge on any atom is -0.497 e. The van der Waals surface area contributed by atoms with Gasteiger partial charge in [0.2, 0.25) is 5.91 Å². The van der Waals surface area contributed by atoms with Crippen molar-refractivity contribution >= 4 is 13.7 Å². The van der Waals surface area contributed by atoms with Gasteiger partial charge in [-0.05, 0) is 54.2 Å². The van der Waals surface area contributed by atoms with E-state index in [1.54, 1.807) is 12.0 Å². The Morgan fingerprint density at radius 1 is 0.950 bits per heavy atom. The van der Waals surface area contributed by atoms with Crippen molar-refractivity contribution in [1.82, 2.24) is 11.1 Å². The number of unbranched alkanes of at least 4 members (excludes halogenated alkanes) is 7. The zero-order valence-corrected chi connectivity index (χ0v) is 24.9. The maximum absolute atomic E-state index is 13.4. The Bertz CT molecular complexity index is 1060. The fourth-order valence-corrected chi connectivity index (χ4v) is 5.14. The average molecular weight is 579 g/mol. The first kappa shape index (κ1) is 33.8. The number of hydrogen-bond donors (Lipinski definition) is 3. The van der Waals surface area contributed by atoms with Gasteiger partial charge in [-0.2, -0.15) is 0 Å². The van der Waals surface area contributed by atoms with E-state index in [0.717, 1.165) is 29.7 Å². The number of phosphoric acid groups is 1. The van der Waals surface area contributed by atoms with Gasteiger partial charge in [0.05, 0.1) is 20.3 Å². The van der Waals surface area contributed by atoms with Crippen LogP contribution in [0.15, 0.2) is 48.5 Å². The first-order valence-corrected chi connectivity index (χ1v) is 15.7. The molecule has 1 aliphatic rings. The standard InChI is InChI=1S/C30H44NO7P.H3N/c1-3-4-5-6-7-8-9-10-19-37-27-13-11-12-25(21-27)28-22-29(28)30(32)31(18-20-38-39(33,34)35)23-24-14-16-26(36-2)17-15-24;/h11-17,21,28-29H,3-10,18-20,22-23H2,1-2H3,(H2,33,34,35);1H3. The number of amides is 1. The maximum Gasteiger partial charge on any atom is 0.469 e. The molecular formula is C30H47N2O7P. The summed E-state index contributed by atoms with van der Waals surface area (Å²) in [4.78, 5) is 33.2. The summed E-state index contributed by atoms with van der Waals surface area (Å²) >= 11 is 0. The molecule has 1 aliphatic carbocycles. The third-order valence-electron chi connectivity index (χ3n) is 7.13. The molecule has 0 saturated heterocycles. The predicted molar refractivity (Wildman–Crippen MR) is 157 cm³/mol. The smallest absolute Gasteiger partial charge is 0.469 e. The SMILES string of the molecule is CCCCCCCCCCOc1cccc(C2CC2C(=O)N(CCOP(=O)(O)O)Cc2ccc(OC)cc2)c1.N. The molecule has 2 aromatic carbocycles. The second kappa shape index (κ2) is 17.4. The Morgan fingerprint density at radius 3 is 2.27 bits per heavy atom. The fourth-order valence-electron chi connectivity index (χ4n) is 4.82. The quantitative estimate of drug-likeness (QED) is 0.125. The van der Waals surface area contributed by atoms with Crippen molar-refractivity contribution in [3.8, 4) is 11.5 Å². The van der Waals surface area contributed by atoms with E-state index in [1.807, 2.05) is 48.5 Å². The molecule has 0 spiro atoms. The van der Waals surface area contributed by atoms with Gasteiger partial charge in [-0.25, -0.2) is 4.57 Å². The van der Waals surface area contributed by atoms with Crippen LogP contribution in [0.4, 0.5) is 0 Å². The molecule has 0 radical (unpaired) electrons. The largest absolute Gasteiger partial charge is 0.497 e. The number of rotatable bonds is 19. The molecule has 2 unspecified atom stereocenters. The molecule has 2 atom stereocenters. The molecule has 5 N–H and O–H groups in total. The van der Waals surface area contributed by atoms with Crippen LogP contribution < -0.4 is 15.6 Å². The van der Waals surface area contributed by atoms with Crippen molar-refractivity contribution in [2.45, 2.75) is 77.2 Å². The van der Waals surface area contributed by atoms with E-state index >= 15 is 0 Å². The normalized spacial score (nSPS) is 16.2. The summed E-state index contributed by atoms with van der Waals surface area (Å²) < 4.78 is 27.0. The van der Waals surface area contributed by atoms with E-state index in [0.29, 0.717) is 18.9 Å². The zero-order valence-electron chi connectivity index (χ0n) is 24.0. The molecule has 0 aromatic heterocycles. The number of ether oxygens (including phenoxy) is 2. The minimum atomic E-state index is -4.61. The van der Waals surface area contributed by atoms with Gasteiger partial charge in [-0.15, -0.1) is 0 Å². The molecule has 10 heteroatoms. The summed E-state index contributed by atoms with van der Waals surface area (Å²) in [5, 5.41) is 0. The van der Waals surface area contributed by atoms with E-state index in [-0.39, 0.29) is 37.0 Å². The van der Waals surface area contributed by atoms with Crippen LogP contribution in [0, 0.1) is 5.92 Å². The maximum atomic E-state index is 13.4. The summed E-state index contributed by atoms with van der Waals surface area (Å²) in [6.07, 6.45) is 10.8. The summed E-state index contributed by atoms with van der Waals surface area (Å²) in [7, 11) is -3.02. The molecule has 9 nitrogen and oxygen atoms in total. The molecule has 40 heavy (non-hydrogen) atoms. The Balaban J connectivity index is 0.00000560. The highest BCUT2D eigenvalue weighted by molar-refractivity contribution is 7.46. The number of benzene rings is 2. The second-order valence-corrected chi connectivity index (χ2v) is 11.5. The number of carbonyl (C=O) groups excluding carboxylic acids is 1. The lowest BCUT2D eigenvalue weighted by Gasteiger charge is -2.23. The molecule has 1 fully saturated rings. The number of carbonyl (C=O) groups is 1. The van der Waals surface area contributed by atoms with Gasteiger partial charge in [0.15, 0.2) is 0 Å². The topological polar surface area (TPSA) is 141 Å². The summed E-state index contributed by atoms with van der Waals surface area (Å²) in [5.74, 6) is 1.42. The van der Waals surface area contributed by atoms with Gasteiger partial charge < -0.3 is 30.3 Å². The van der Waals surface area contributed by atoms with E-state index in [1.165, 1.54) is 44.9 Å². The first-order valence-electron chi connectivity index (χ1n) is 14.1. The lowest BCUT2D eigenvalue weighted by Crippen LogP contribution is -2.35. The van der Waals surface area contributed by atoms with Crippen molar-refractivity contribution in [3.05, 3.63) is 59.7 Å². The number of hydrogen-bond acceptors (Lipinski definition) is 6. The predicted octanol–water partition coefficient (Wildman–Crippen LogP) is 6.62. The van der Waals surface area contributed by atoms with Gasteiger partial charge in [-0.1, -0.05) is 76.1 Å². The molecule has 1 saturated carbocycles. The van der Waals surface area contributed by atoms with Crippen molar-refractivity contribution < 1.29 is 33.1 Å². The highest BCUT2D eigenvalue weighted by Crippen LogP contribution is 2.49. The Labute approximate surface area is 239 Å². The van der Waals surface area contributed by atoms with Gasteiger partial charge in [-0.3, -0.25) is 9.32 Å². The third kappa shape index (κ3) is 12.0. The minimum absolute atomic E-state index is 0. The molecule has 0 heterocycles. The van der Waals surface area contributed by atoms with Crippen LogP contribution in [0.1, 0.15) is 81.8 Å². The highest BCUT2D eigenvalue weighted by Gasteiger charge is 2.45. The average Bonchev–Trinajstić information content (AvgIpc) is 3.72. The van der Waals surface area contributed by atoms with E-state index in [9.17, 15) is 9.36 Å². The molecular weight excluding hydrogens is 531 g/mol. The highest BCUT2D eigenvalue weighted by atomic mass is 31.2. The number of phosphoric ester groups is 1.